The molecule has 0 radical (unpaired) electrons. The first-order valence-electron chi connectivity index (χ1n) is 6.64. The van der Waals surface area contributed by atoms with Gasteiger partial charge in [0.2, 0.25) is 0 Å². The number of piperidine rings is 1. The van der Waals surface area contributed by atoms with E-state index in [9.17, 15) is 0 Å². The molecule has 1 saturated heterocycles. The molecular formula is C13H23N3S. The van der Waals surface area contributed by atoms with Gasteiger partial charge in [-0.1, -0.05) is 13.8 Å². The first-order chi connectivity index (χ1) is 8.29. The van der Waals surface area contributed by atoms with Gasteiger partial charge in [0, 0.05) is 36.6 Å². The standard InChI is InChI=1S/C13H23N3S/c1-3-14-12-5-4-7-16(10-12)9-11(2)13-15-6-8-17-13/h6,8,11-12,14H,3-5,7,9-10H2,1-2H3. The summed E-state index contributed by atoms with van der Waals surface area (Å²) in [5.74, 6) is 0.565. The Morgan fingerprint density at radius 3 is 3.24 bits per heavy atom. The maximum Gasteiger partial charge on any atom is 0.0965 e. The van der Waals surface area contributed by atoms with Crippen molar-refractivity contribution < 1.29 is 0 Å². The third-order valence-electron chi connectivity index (χ3n) is 3.40. The van der Waals surface area contributed by atoms with E-state index in [1.165, 1.54) is 30.9 Å². The van der Waals surface area contributed by atoms with E-state index < -0.39 is 0 Å². The number of likely N-dealkylation sites (N-methyl/N-ethyl adjacent to an activating group) is 1. The van der Waals surface area contributed by atoms with Crippen molar-refractivity contribution in [1.82, 2.24) is 15.2 Å². The minimum absolute atomic E-state index is 0.565. The molecule has 3 nitrogen and oxygen atoms in total. The summed E-state index contributed by atoms with van der Waals surface area (Å²) in [5, 5.41) is 6.91. The van der Waals surface area contributed by atoms with E-state index in [0.29, 0.717) is 12.0 Å². The van der Waals surface area contributed by atoms with E-state index in [1.54, 1.807) is 11.3 Å². The van der Waals surface area contributed by atoms with Crippen LogP contribution in [0.5, 0.6) is 0 Å². The van der Waals surface area contributed by atoms with Gasteiger partial charge in [-0.15, -0.1) is 11.3 Å². The van der Waals surface area contributed by atoms with Gasteiger partial charge in [-0.25, -0.2) is 4.98 Å². The molecule has 0 aromatic carbocycles. The molecule has 1 aromatic rings. The number of aromatic nitrogens is 1. The normalized spacial score (nSPS) is 23.8. The highest BCUT2D eigenvalue weighted by atomic mass is 32.1. The van der Waals surface area contributed by atoms with Gasteiger partial charge in [-0.3, -0.25) is 0 Å². The lowest BCUT2D eigenvalue weighted by Gasteiger charge is -2.34. The Balaban J connectivity index is 1.82. The summed E-state index contributed by atoms with van der Waals surface area (Å²) >= 11 is 1.78. The largest absolute Gasteiger partial charge is 0.313 e. The summed E-state index contributed by atoms with van der Waals surface area (Å²) in [5.41, 5.74) is 0. The highest BCUT2D eigenvalue weighted by molar-refractivity contribution is 7.09. The van der Waals surface area contributed by atoms with Crippen LogP contribution in [0.15, 0.2) is 11.6 Å². The quantitative estimate of drug-likeness (QED) is 0.873. The molecule has 96 valence electrons. The van der Waals surface area contributed by atoms with Crippen LogP contribution in [0.25, 0.3) is 0 Å². The Kier molecular flexibility index (Phi) is 4.95. The van der Waals surface area contributed by atoms with Crippen LogP contribution in [0.1, 0.15) is 37.6 Å². The van der Waals surface area contributed by atoms with Gasteiger partial charge in [0.25, 0.3) is 0 Å². The van der Waals surface area contributed by atoms with Crippen molar-refractivity contribution >= 4 is 11.3 Å². The molecule has 0 saturated carbocycles. The van der Waals surface area contributed by atoms with Crippen LogP contribution in [0, 0.1) is 0 Å². The molecular weight excluding hydrogens is 230 g/mol. The van der Waals surface area contributed by atoms with Gasteiger partial charge in [0.15, 0.2) is 0 Å². The number of thiazole rings is 1. The number of hydrogen-bond acceptors (Lipinski definition) is 4. The molecule has 0 amide bonds. The number of rotatable bonds is 5. The van der Waals surface area contributed by atoms with Gasteiger partial charge in [-0.05, 0) is 25.9 Å². The zero-order valence-electron chi connectivity index (χ0n) is 10.9. The molecule has 17 heavy (non-hydrogen) atoms. The maximum absolute atomic E-state index is 4.41. The predicted molar refractivity (Wildman–Crippen MR) is 73.7 cm³/mol. The van der Waals surface area contributed by atoms with Gasteiger partial charge in [0.1, 0.15) is 0 Å². The van der Waals surface area contributed by atoms with E-state index in [-0.39, 0.29) is 0 Å². The second kappa shape index (κ2) is 6.47. The van der Waals surface area contributed by atoms with Crippen molar-refractivity contribution in [3.05, 3.63) is 16.6 Å². The highest BCUT2D eigenvalue weighted by Gasteiger charge is 2.21. The van der Waals surface area contributed by atoms with E-state index in [0.717, 1.165) is 13.1 Å². The Labute approximate surface area is 108 Å². The van der Waals surface area contributed by atoms with Crippen LogP contribution in [-0.4, -0.2) is 42.1 Å². The van der Waals surface area contributed by atoms with Crippen molar-refractivity contribution in [2.75, 3.05) is 26.2 Å². The smallest absolute Gasteiger partial charge is 0.0965 e. The van der Waals surface area contributed by atoms with Crippen molar-refractivity contribution in [2.45, 2.75) is 38.6 Å². The zero-order chi connectivity index (χ0) is 12.1. The van der Waals surface area contributed by atoms with Gasteiger partial charge >= 0.3 is 0 Å². The summed E-state index contributed by atoms with van der Waals surface area (Å²) in [4.78, 5) is 7.00. The SMILES string of the molecule is CCNC1CCCN(CC(C)c2nccs2)C1. The van der Waals surface area contributed by atoms with E-state index in [1.807, 2.05) is 6.20 Å². The topological polar surface area (TPSA) is 28.2 Å². The average Bonchev–Trinajstić information content (AvgIpc) is 2.83. The summed E-state index contributed by atoms with van der Waals surface area (Å²) in [6, 6.07) is 0.692. The second-order valence-corrected chi connectivity index (χ2v) is 5.85. The van der Waals surface area contributed by atoms with Gasteiger partial charge in [0.05, 0.1) is 5.01 Å². The van der Waals surface area contributed by atoms with Crippen LogP contribution < -0.4 is 5.32 Å². The predicted octanol–water partition coefficient (Wildman–Crippen LogP) is 2.32. The minimum Gasteiger partial charge on any atom is -0.313 e. The van der Waals surface area contributed by atoms with Crippen molar-refractivity contribution in [2.24, 2.45) is 0 Å². The molecule has 4 heteroatoms. The fraction of sp³-hybridized carbons (Fsp3) is 0.769. The summed E-state index contributed by atoms with van der Waals surface area (Å²) in [6.45, 7) is 9.16. The van der Waals surface area contributed by atoms with Gasteiger partial charge < -0.3 is 10.2 Å². The van der Waals surface area contributed by atoms with Crippen LogP contribution >= 0.6 is 11.3 Å². The Morgan fingerprint density at radius 2 is 2.53 bits per heavy atom. The Morgan fingerprint density at radius 1 is 1.65 bits per heavy atom. The van der Waals surface area contributed by atoms with Crippen molar-refractivity contribution in [3.63, 3.8) is 0 Å². The molecule has 0 aliphatic carbocycles. The molecule has 2 rings (SSSR count). The first kappa shape index (κ1) is 13.0. The fourth-order valence-corrected chi connectivity index (χ4v) is 3.31. The Hall–Kier alpha value is -0.450. The number of hydrogen-bond donors (Lipinski definition) is 1. The first-order valence-corrected chi connectivity index (χ1v) is 7.52. The Bertz CT molecular complexity index is 310. The van der Waals surface area contributed by atoms with E-state index in [4.69, 9.17) is 0 Å². The third-order valence-corrected chi connectivity index (χ3v) is 4.41. The van der Waals surface area contributed by atoms with Crippen LogP contribution in [-0.2, 0) is 0 Å². The lowest BCUT2D eigenvalue weighted by molar-refractivity contribution is 0.184. The van der Waals surface area contributed by atoms with Crippen LogP contribution in [0.4, 0.5) is 0 Å². The highest BCUT2D eigenvalue weighted by Crippen LogP contribution is 2.20. The number of likely N-dealkylation sites (tertiary alicyclic amines) is 1. The molecule has 1 N–H and O–H groups in total. The zero-order valence-corrected chi connectivity index (χ0v) is 11.7. The second-order valence-electron chi connectivity index (χ2n) is 4.93. The summed E-state index contributed by atoms with van der Waals surface area (Å²) in [7, 11) is 0. The maximum atomic E-state index is 4.41. The van der Waals surface area contributed by atoms with Crippen LogP contribution in [0.3, 0.4) is 0 Å². The molecule has 1 aliphatic rings. The van der Waals surface area contributed by atoms with E-state index in [2.05, 4.69) is 34.4 Å². The molecule has 2 atom stereocenters. The summed E-state index contributed by atoms with van der Waals surface area (Å²) < 4.78 is 0. The van der Waals surface area contributed by atoms with Crippen LogP contribution in [0.2, 0.25) is 0 Å². The summed E-state index contributed by atoms with van der Waals surface area (Å²) in [6.07, 6.45) is 4.56. The molecule has 2 heterocycles. The van der Waals surface area contributed by atoms with Gasteiger partial charge in [-0.2, -0.15) is 0 Å². The molecule has 1 aliphatic heterocycles. The minimum atomic E-state index is 0.565. The van der Waals surface area contributed by atoms with Crippen molar-refractivity contribution in [1.29, 1.82) is 0 Å². The molecule has 0 bridgehead atoms. The average molecular weight is 253 g/mol. The number of nitrogens with zero attached hydrogens (tertiary/aromatic N) is 2. The lowest BCUT2D eigenvalue weighted by Crippen LogP contribution is -2.46. The fourth-order valence-electron chi connectivity index (χ4n) is 2.62. The lowest BCUT2D eigenvalue weighted by atomic mass is 10.0. The number of nitrogens with one attached hydrogen (secondary N) is 1. The monoisotopic (exact) mass is 253 g/mol. The van der Waals surface area contributed by atoms with Crippen molar-refractivity contribution in [3.8, 4) is 0 Å². The molecule has 1 fully saturated rings. The molecule has 0 spiro atoms. The molecule has 2 unspecified atom stereocenters. The third kappa shape index (κ3) is 3.76. The molecule has 1 aromatic heterocycles. The van der Waals surface area contributed by atoms with E-state index >= 15 is 0 Å².